The second-order valence-electron chi connectivity index (χ2n) is 8.22. The van der Waals surface area contributed by atoms with Crippen LogP contribution in [-0.2, 0) is 283 Å². The van der Waals surface area contributed by atoms with Gasteiger partial charge in [0.25, 0.3) is 0 Å². The monoisotopic (exact) mass is 1780 g/mol. The third-order valence-corrected chi connectivity index (χ3v) is 50.8. The maximum atomic E-state index is 10.7. The van der Waals surface area contributed by atoms with Crippen molar-refractivity contribution in [2.24, 2.45) is 5.73 Å². The number of nitrogens with two attached hydrogens (primary N) is 1. The van der Waals surface area contributed by atoms with E-state index >= 15 is 0 Å². The van der Waals surface area contributed by atoms with E-state index in [2.05, 4.69) is 55.6 Å². The van der Waals surface area contributed by atoms with E-state index in [1.807, 2.05) is 124 Å². The van der Waals surface area contributed by atoms with Gasteiger partial charge in [0, 0.05) is 292 Å². The number of hydrogen-bond donors (Lipinski definition) is 4. The first-order valence-corrected chi connectivity index (χ1v) is 49.5. The summed E-state index contributed by atoms with van der Waals surface area (Å²) in [5.74, 6) is -1.49. The number of hydrogen-bond acceptors (Lipinski definition) is 7. The van der Waals surface area contributed by atoms with E-state index in [0.29, 0.717) is 6.54 Å². The minimum atomic E-state index is -0.745. The van der Waals surface area contributed by atoms with Crippen molar-refractivity contribution in [3.05, 3.63) is 0 Å². The summed E-state index contributed by atoms with van der Waals surface area (Å²) in [4.78, 5) is 29.5. The molecule has 0 aromatic rings. The summed E-state index contributed by atoms with van der Waals surface area (Å²) >= 11 is 11.9. The molecule has 0 aliphatic carbocycles. The Bertz CT molecular complexity index is 1940. The Hall–Kier alpha value is 5.78. The van der Waals surface area contributed by atoms with E-state index in [0.717, 1.165) is 10.5 Å². The van der Waals surface area contributed by atoms with Crippen molar-refractivity contribution < 1.29 is 71.5 Å². The molecule has 8 nitrogen and oxygen atoms in total. The van der Waals surface area contributed by atoms with Gasteiger partial charge in [-0.3, -0.25) is 9.59 Å². The molecule has 0 aromatic heterocycles. The predicted octanol–water partition coefficient (Wildman–Crippen LogP) is 7.69. The molecule has 61 heavy (non-hydrogen) atoms. The van der Waals surface area contributed by atoms with E-state index < -0.39 is 11.9 Å². The summed E-state index contributed by atoms with van der Waals surface area (Å²) < 4.78 is 5.73. The number of ether oxygens (including phenoxy) is 1. The van der Waals surface area contributed by atoms with Crippen LogP contribution in [0.2, 0.25) is 0 Å². The largest absolute Gasteiger partial charge is 0.481 e. The number of nitrogens with one attached hydrogen (secondary N) is 1. The number of carboxylic acid groups (broad SMARTS) is 2. The van der Waals surface area contributed by atoms with Gasteiger partial charge in [-0.25, -0.2) is 4.79 Å². The number of amides is 1. The zero-order valence-electron chi connectivity index (χ0n) is 36.1. The molecule has 0 fully saturated rings. The predicted molar refractivity (Wildman–Crippen MR) is 342 cm³/mol. The molecule has 0 spiro atoms. The molecule has 0 heterocycles. The Kier molecular flexibility index (Phi) is 145. The number of halogens is 1. The van der Waals surface area contributed by atoms with Gasteiger partial charge in [0.2, 0.25) is 0 Å². The summed E-state index contributed by atoms with van der Waals surface area (Å²) in [5.41, 5.74) is 4.46. The van der Waals surface area contributed by atoms with E-state index in [1.165, 1.54) is 24.2 Å². The van der Waals surface area contributed by atoms with Crippen LogP contribution < -0.4 is 11.1 Å². The molecule has 376 valence electrons. The first-order valence-electron chi connectivity index (χ1n) is 16.3. The SMILES string of the molecule is CC.CC.CC(C)I.CCC.CCC(=O)O.CCC(=O)O.CCN.CCNC(=O)OC(C)(C)C.S=S=S=S=S=S=S=S=S=S=S=S=S=S=S=S=S=S=S=S=S=S=S=S=S.[W].[W]. The fraction of sp³-hybridized carbons (Fsp3) is 0.880. The average molecular weight is 1780 g/mol. The first-order chi connectivity index (χ1) is 28.0. The molecule has 0 unspecified atom stereocenters. The second-order valence-corrected chi connectivity index (χ2v) is 51.4. The van der Waals surface area contributed by atoms with Crippen LogP contribution in [0.15, 0.2) is 0 Å². The molecular formula is C25H61IN2O6S25W2. The number of alkyl halides is 1. The Balaban J connectivity index is -0.0000000634. The molecule has 36 heteroatoms. The van der Waals surface area contributed by atoms with Gasteiger partial charge >= 0.3 is 18.0 Å². The van der Waals surface area contributed by atoms with Crippen LogP contribution >= 0.6 is 22.6 Å². The van der Waals surface area contributed by atoms with E-state index in [-0.39, 0.29) is 66.7 Å². The van der Waals surface area contributed by atoms with Crippen molar-refractivity contribution in [2.75, 3.05) is 13.1 Å². The molecular weight excluding hydrogens is 1720 g/mol. The molecule has 5 N–H and O–H groups in total. The summed E-state index contributed by atoms with van der Waals surface area (Å²) in [7, 11) is 40.0. The molecule has 0 saturated heterocycles. The molecule has 0 rings (SSSR count). The summed E-state index contributed by atoms with van der Waals surface area (Å²) in [6.07, 6.45) is 1.34. The van der Waals surface area contributed by atoms with Gasteiger partial charge in [0.15, 0.2) is 0 Å². The normalized spacial score (nSPS) is 7.44. The smallest absolute Gasteiger partial charge is 0.407 e. The van der Waals surface area contributed by atoms with Crippen LogP contribution in [0.25, 0.3) is 0 Å². The van der Waals surface area contributed by atoms with Crippen molar-refractivity contribution in [3.63, 3.8) is 0 Å². The minimum Gasteiger partial charge on any atom is -0.481 e. The Morgan fingerprint density at radius 2 is 0.721 bits per heavy atom. The van der Waals surface area contributed by atoms with Crippen molar-refractivity contribution in [1.82, 2.24) is 5.32 Å². The number of carbonyl (C=O) groups excluding carboxylic acids is 1. The number of aliphatic carboxylic acids is 2. The van der Waals surface area contributed by atoms with Crippen LogP contribution in [0.1, 0.15) is 123 Å². The van der Waals surface area contributed by atoms with E-state index in [4.69, 9.17) is 43.1 Å². The van der Waals surface area contributed by atoms with Gasteiger partial charge in [-0.15, -0.1) is 0 Å². The van der Waals surface area contributed by atoms with Crippen molar-refractivity contribution >= 4 is 267 Å². The Labute approximate surface area is 486 Å². The van der Waals surface area contributed by atoms with Crippen molar-refractivity contribution in [1.29, 1.82) is 0 Å². The standard InChI is InChI=1S/C7H15NO2.C3H7I.2C3H6O2.C3H8.C2H7N.2C2H6.S25.2W/c1-5-8-6(9)10-7(2,3)4;1-3(2)4;2*1-2-3(4)5;1-3-2;1-2-3;2*1-2;1-3-5-7-9-11-13-15-17-19-21-23-25-24-22-20-18-16-14-12-10-8-6-4-2;;/h5H2,1-4H3,(H,8,9);3H,1-2H3;2*2H2,1H3,(H,4,5);3H2,1-2H3;2-3H2,1H3;2*1-2H3;;;. The summed E-state index contributed by atoms with van der Waals surface area (Å²) in [6, 6.07) is 0. The van der Waals surface area contributed by atoms with Crippen LogP contribution in [-0.4, -0.2) is 50.9 Å². The molecule has 0 aliphatic rings. The maximum absolute atomic E-state index is 10.7. The zero-order valence-corrected chi connectivity index (χ0v) is 64.6. The number of rotatable bonds is 3. The van der Waals surface area contributed by atoms with Crippen LogP contribution in [0.3, 0.4) is 0 Å². The third-order valence-electron chi connectivity index (χ3n) is 1.94. The van der Waals surface area contributed by atoms with Crippen LogP contribution in [0.5, 0.6) is 0 Å². The Morgan fingerprint density at radius 1 is 0.574 bits per heavy atom. The van der Waals surface area contributed by atoms with Crippen LogP contribution in [0.4, 0.5) is 4.79 Å². The first kappa shape index (κ1) is 92.9. The third kappa shape index (κ3) is 169. The number of carbonyl (C=O) groups is 3. The Morgan fingerprint density at radius 3 is 0.820 bits per heavy atom. The fourth-order valence-corrected chi connectivity index (χ4v) is 58.3. The van der Waals surface area contributed by atoms with Crippen molar-refractivity contribution in [2.45, 2.75) is 133 Å². The number of carboxylic acids is 2. The molecule has 0 aliphatic heterocycles. The van der Waals surface area contributed by atoms with Gasteiger partial charge in [-0.05, 0) is 34.2 Å². The van der Waals surface area contributed by atoms with E-state index in [1.54, 1.807) is 138 Å². The fourth-order valence-electron chi connectivity index (χ4n) is 0.697. The summed E-state index contributed by atoms with van der Waals surface area (Å²) in [5, 5.41) is 18.0. The van der Waals surface area contributed by atoms with Gasteiger partial charge in [-0.2, -0.15) is 0 Å². The molecule has 0 aromatic carbocycles. The zero-order chi connectivity index (χ0) is 48.0. The maximum Gasteiger partial charge on any atom is 0.407 e. The summed E-state index contributed by atoms with van der Waals surface area (Å²) in [6.45, 7) is 30.4. The van der Waals surface area contributed by atoms with Crippen molar-refractivity contribution in [3.8, 4) is 0 Å². The van der Waals surface area contributed by atoms with Gasteiger partial charge in [-0.1, -0.05) is 105 Å². The average Bonchev–Trinajstić information content (AvgIpc) is 3.17. The second kappa shape index (κ2) is 95.4. The minimum absolute atomic E-state index is 0. The quantitative estimate of drug-likeness (QED) is 0.166. The molecule has 0 atom stereocenters. The van der Waals surface area contributed by atoms with Gasteiger partial charge in [0.05, 0.1) is 0 Å². The molecule has 0 bridgehead atoms. The van der Waals surface area contributed by atoms with E-state index in [9.17, 15) is 14.4 Å². The molecule has 0 radical (unpaired) electrons. The van der Waals surface area contributed by atoms with Crippen LogP contribution in [0, 0.1) is 0 Å². The molecule has 0 saturated carbocycles. The molecule has 1 amide bonds. The van der Waals surface area contributed by atoms with Gasteiger partial charge in [0.1, 0.15) is 5.60 Å². The van der Waals surface area contributed by atoms with Gasteiger partial charge < -0.3 is 26.0 Å². The topological polar surface area (TPSA) is 139 Å². The number of alkyl carbamates (subject to hydrolysis) is 1.